The summed E-state index contributed by atoms with van der Waals surface area (Å²) in [6.07, 6.45) is -3.81. The van der Waals surface area contributed by atoms with Gasteiger partial charge in [0.25, 0.3) is 5.56 Å². The number of aryl methyl sites for hydroxylation is 1. The van der Waals surface area contributed by atoms with Gasteiger partial charge >= 0.3 is 13.9 Å². The third-order valence-corrected chi connectivity index (χ3v) is 4.93. The van der Waals surface area contributed by atoms with Crippen molar-refractivity contribution in [3.05, 3.63) is 32.6 Å². The quantitative estimate of drug-likeness (QED) is 0.488. The molecule has 0 spiro atoms. The van der Waals surface area contributed by atoms with Crippen molar-refractivity contribution in [1.29, 1.82) is 0 Å². The van der Waals surface area contributed by atoms with E-state index >= 15 is 0 Å². The van der Waals surface area contributed by atoms with Crippen LogP contribution >= 0.6 is 8.25 Å². The van der Waals surface area contributed by atoms with Crippen LogP contribution in [0, 0.1) is 6.92 Å². The fourth-order valence-corrected chi connectivity index (χ4v) is 3.24. The molecule has 27 heavy (non-hydrogen) atoms. The van der Waals surface area contributed by atoms with Crippen molar-refractivity contribution in [2.45, 2.75) is 57.5 Å². The summed E-state index contributed by atoms with van der Waals surface area (Å²) in [6.45, 7) is 4.46. The summed E-state index contributed by atoms with van der Waals surface area (Å²) in [5.74, 6) is 0. The molecule has 12 heteroatoms. The van der Waals surface area contributed by atoms with Crippen LogP contribution < -0.4 is 11.2 Å². The van der Waals surface area contributed by atoms with Crippen molar-refractivity contribution in [2.75, 3.05) is 13.7 Å². The van der Waals surface area contributed by atoms with E-state index in [4.69, 9.17) is 18.7 Å². The minimum Gasteiger partial charge on any atom is -0.394 e. The number of aliphatic hydroxyl groups excluding tert-OH is 1. The maximum absolute atomic E-state index is 12.3. The fraction of sp³-hybridized carbons (Fsp3) is 0.733. The van der Waals surface area contributed by atoms with E-state index in [0.29, 0.717) is 0 Å². The zero-order valence-corrected chi connectivity index (χ0v) is 16.3. The first-order chi connectivity index (χ1) is 12.7. The molecular weight excluding hydrogens is 383 g/mol. The number of aliphatic hydroxyl groups is 1. The van der Waals surface area contributed by atoms with E-state index in [2.05, 4.69) is 4.98 Å². The summed E-state index contributed by atoms with van der Waals surface area (Å²) < 4.78 is 34.2. The Hall–Kier alpha value is -1.46. The molecule has 0 aliphatic carbocycles. The average molecular weight is 407 g/mol. The molecule has 3 unspecified atom stereocenters. The number of ether oxygens (including phenoxy) is 3. The largest absolute Gasteiger partial charge is 0.695 e. The number of hydrogen-bond acceptors (Lipinski definition) is 8. The second-order valence-corrected chi connectivity index (χ2v) is 6.97. The molecule has 3 N–H and O–H groups in total. The van der Waals surface area contributed by atoms with E-state index in [9.17, 15) is 24.2 Å². The molecule has 0 amide bonds. The highest BCUT2D eigenvalue weighted by Gasteiger charge is 2.52. The summed E-state index contributed by atoms with van der Waals surface area (Å²) in [5.41, 5.74) is -1.03. The van der Waals surface area contributed by atoms with E-state index in [1.54, 1.807) is 13.8 Å². The minimum atomic E-state index is -3.02. The minimum absolute atomic E-state index is 0.258. The summed E-state index contributed by atoms with van der Waals surface area (Å²) >= 11 is 0. The topological polar surface area (TPSA) is 149 Å². The van der Waals surface area contributed by atoms with Crippen LogP contribution in [0.2, 0.25) is 0 Å². The van der Waals surface area contributed by atoms with Gasteiger partial charge < -0.3 is 19.3 Å². The molecule has 2 heterocycles. The van der Waals surface area contributed by atoms with Crippen molar-refractivity contribution < 1.29 is 33.3 Å². The molecule has 1 saturated heterocycles. The van der Waals surface area contributed by atoms with Crippen LogP contribution in [0.1, 0.15) is 25.6 Å². The van der Waals surface area contributed by atoms with Gasteiger partial charge in [-0.2, -0.15) is 0 Å². The van der Waals surface area contributed by atoms with Gasteiger partial charge in [0.2, 0.25) is 0 Å². The number of nitrogens with zero attached hydrogens (tertiary/aromatic N) is 1. The molecule has 0 radical (unpaired) electrons. The Bertz CT molecular complexity index is 779. The number of aromatic amines is 1. The highest BCUT2D eigenvalue weighted by molar-refractivity contribution is 7.32. The molecule has 1 aliphatic heterocycles. The van der Waals surface area contributed by atoms with Gasteiger partial charge in [-0.3, -0.25) is 14.3 Å². The molecule has 0 saturated carbocycles. The molecule has 7 atom stereocenters. The van der Waals surface area contributed by atoms with E-state index in [1.165, 1.54) is 20.2 Å². The highest BCUT2D eigenvalue weighted by atomic mass is 31.1. The fourth-order valence-electron chi connectivity index (χ4n) is 2.78. The van der Waals surface area contributed by atoms with Crippen LogP contribution in [0.25, 0.3) is 0 Å². The molecule has 1 aliphatic rings. The predicted molar refractivity (Wildman–Crippen MR) is 92.6 cm³/mol. The van der Waals surface area contributed by atoms with Crippen LogP contribution in [0.4, 0.5) is 0 Å². The van der Waals surface area contributed by atoms with Gasteiger partial charge in [0.1, 0.15) is 12.2 Å². The monoisotopic (exact) mass is 407 g/mol. The first-order valence-electron chi connectivity index (χ1n) is 8.29. The summed E-state index contributed by atoms with van der Waals surface area (Å²) in [6, 6.07) is 0. The molecule has 2 rings (SSSR count). The number of aromatic nitrogens is 2. The first kappa shape index (κ1) is 21.8. The highest BCUT2D eigenvalue weighted by Crippen LogP contribution is 2.37. The number of H-pyrrole nitrogens is 1. The Kier molecular flexibility index (Phi) is 7.40. The number of rotatable bonds is 8. The lowest BCUT2D eigenvalue weighted by atomic mass is 10.1. The zero-order chi connectivity index (χ0) is 20.3. The van der Waals surface area contributed by atoms with Gasteiger partial charge in [0.15, 0.2) is 12.3 Å². The van der Waals surface area contributed by atoms with Crippen molar-refractivity contribution in [3.63, 3.8) is 0 Å². The van der Waals surface area contributed by atoms with Crippen LogP contribution in [0.3, 0.4) is 0 Å². The smallest absolute Gasteiger partial charge is 0.394 e. The summed E-state index contributed by atoms with van der Waals surface area (Å²) in [4.78, 5) is 35.2. The Morgan fingerprint density at radius 2 is 2.00 bits per heavy atom. The van der Waals surface area contributed by atoms with E-state index in [1.807, 2.05) is 0 Å². The van der Waals surface area contributed by atoms with E-state index in [0.717, 1.165) is 4.57 Å². The van der Waals surface area contributed by atoms with Gasteiger partial charge in [-0.1, -0.05) is 0 Å². The number of nitrogens with one attached hydrogen (secondary N) is 1. The van der Waals surface area contributed by atoms with Crippen molar-refractivity contribution in [3.8, 4) is 0 Å². The molecule has 1 fully saturated rings. The van der Waals surface area contributed by atoms with Crippen LogP contribution in [-0.2, 0) is 23.3 Å². The molecule has 0 bridgehead atoms. The Balaban J connectivity index is 2.46. The first-order valence-corrected chi connectivity index (χ1v) is 9.42. The van der Waals surface area contributed by atoms with Gasteiger partial charge in [-0.25, -0.2) is 4.79 Å². The lowest BCUT2D eigenvalue weighted by molar-refractivity contribution is -0.127. The molecule has 0 aromatic carbocycles. The Morgan fingerprint density at radius 3 is 2.56 bits per heavy atom. The second-order valence-electron chi connectivity index (χ2n) is 6.28. The predicted octanol–water partition coefficient (Wildman–Crippen LogP) is -0.422. The zero-order valence-electron chi connectivity index (χ0n) is 15.4. The molecule has 11 nitrogen and oxygen atoms in total. The Morgan fingerprint density at radius 1 is 1.33 bits per heavy atom. The third-order valence-electron chi connectivity index (χ3n) is 4.50. The normalized spacial score (nSPS) is 28.1. The van der Waals surface area contributed by atoms with Crippen molar-refractivity contribution in [2.24, 2.45) is 0 Å². The molecular formula is C15H24N2O9P+. The van der Waals surface area contributed by atoms with Crippen LogP contribution in [0.15, 0.2) is 15.8 Å². The van der Waals surface area contributed by atoms with Gasteiger partial charge in [-0.15, -0.1) is 9.42 Å². The maximum atomic E-state index is 12.3. The Labute approximate surface area is 155 Å². The molecule has 1 aromatic rings. The average Bonchev–Trinajstić information content (AvgIpc) is 2.94. The van der Waals surface area contributed by atoms with Gasteiger partial charge in [0, 0.05) is 23.4 Å². The van der Waals surface area contributed by atoms with Crippen LogP contribution in [0.5, 0.6) is 0 Å². The lowest BCUT2D eigenvalue weighted by Gasteiger charge is -2.28. The number of methoxy groups -OCH3 is 1. The van der Waals surface area contributed by atoms with Gasteiger partial charge in [-0.05, 0) is 20.8 Å². The summed E-state index contributed by atoms with van der Waals surface area (Å²) in [5, 5.41) is 9.58. The molecule has 152 valence electrons. The van der Waals surface area contributed by atoms with Crippen molar-refractivity contribution in [1.82, 2.24) is 9.55 Å². The molecule has 1 aromatic heterocycles. The number of hydrogen-bond donors (Lipinski definition) is 3. The third kappa shape index (κ3) is 4.88. The van der Waals surface area contributed by atoms with Gasteiger partial charge in [0.05, 0.1) is 18.8 Å². The van der Waals surface area contributed by atoms with Crippen LogP contribution in [-0.4, -0.2) is 63.8 Å². The SMILES string of the molecule is CO[C@H](C)[C@H](C)OC1C(O[P+](=O)O)[C@@H](CO)O[C@H]1n1cc(C)c(=O)[nH]c1=O. The van der Waals surface area contributed by atoms with E-state index < -0.39 is 56.8 Å². The lowest BCUT2D eigenvalue weighted by Crippen LogP contribution is -2.43. The standard InChI is InChI=1S/C15H23N2O9P/c1-7-5-17(15(20)16-13(7)19)14-12(24-9(3)8(2)23-4)11(26-27(21)22)10(6-18)25-14/h5,8-12,14,18H,6H2,1-4H3,(H-,16,19,20,21,22)/p+1/t8-,9+,10-,11?,12?,14-/m1/s1. The van der Waals surface area contributed by atoms with Crippen molar-refractivity contribution >= 4 is 8.25 Å². The second kappa shape index (κ2) is 9.16. The van der Waals surface area contributed by atoms with E-state index in [-0.39, 0.29) is 11.7 Å². The maximum Gasteiger partial charge on any atom is 0.695 e. The summed E-state index contributed by atoms with van der Waals surface area (Å²) in [7, 11) is -1.52.